The summed E-state index contributed by atoms with van der Waals surface area (Å²) in [6.07, 6.45) is 2.19. The number of quaternary nitrogens is 1. The Balaban J connectivity index is 2.32. The lowest BCUT2D eigenvalue weighted by Gasteiger charge is -2.19. The second kappa shape index (κ2) is 11.1. The lowest BCUT2D eigenvalue weighted by atomic mass is 10.2. The van der Waals surface area contributed by atoms with Crippen molar-refractivity contribution in [3.63, 3.8) is 0 Å². The van der Waals surface area contributed by atoms with Gasteiger partial charge in [-0.25, -0.2) is 0 Å². The van der Waals surface area contributed by atoms with E-state index in [4.69, 9.17) is 12.2 Å². The average Bonchev–Trinajstić information content (AvgIpc) is 2.53. The fourth-order valence-electron chi connectivity index (χ4n) is 2.44. The van der Waals surface area contributed by atoms with E-state index in [2.05, 4.69) is 36.1 Å². The molecule has 0 aromatic heterocycles. The molecule has 24 heavy (non-hydrogen) atoms. The van der Waals surface area contributed by atoms with E-state index in [0.29, 0.717) is 5.11 Å². The second-order valence-corrected chi connectivity index (χ2v) is 6.16. The Bertz CT molecular complexity index is 481. The minimum Gasteiger partial charge on any atom is -0.435 e. The summed E-state index contributed by atoms with van der Waals surface area (Å²) in [5, 5.41) is 6.82. The molecule has 0 saturated heterocycles. The van der Waals surface area contributed by atoms with Crippen LogP contribution in [0.2, 0.25) is 0 Å². The Hall–Kier alpha value is -1.47. The number of benzene rings is 1. The zero-order valence-electron chi connectivity index (χ0n) is 14.6. The number of ether oxygens (including phenoxy) is 1. The highest BCUT2D eigenvalue weighted by atomic mass is 32.1. The molecule has 1 atom stereocenters. The fraction of sp³-hybridized carbons (Fsp3) is 0.588. The van der Waals surface area contributed by atoms with Gasteiger partial charge in [0.1, 0.15) is 5.75 Å². The summed E-state index contributed by atoms with van der Waals surface area (Å²) in [5.74, 6) is 0.127. The predicted octanol–water partition coefficient (Wildman–Crippen LogP) is 2.67. The van der Waals surface area contributed by atoms with Crippen molar-refractivity contribution in [2.75, 3.05) is 25.0 Å². The van der Waals surface area contributed by atoms with E-state index in [1.807, 2.05) is 0 Å². The van der Waals surface area contributed by atoms with Crippen molar-refractivity contribution in [3.05, 3.63) is 24.3 Å². The highest BCUT2D eigenvalue weighted by Crippen LogP contribution is 2.17. The Morgan fingerprint density at radius 1 is 1.21 bits per heavy atom. The lowest BCUT2D eigenvalue weighted by Crippen LogP contribution is -3.11. The third-order valence-electron chi connectivity index (χ3n) is 3.88. The van der Waals surface area contributed by atoms with Crippen LogP contribution >= 0.6 is 12.2 Å². The number of rotatable bonds is 10. The summed E-state index contributed by atoms with van der Waals surface area (Å²) >= 11 is 5.28. The molecule has 3 N–H and O–H groups in total. The van der Waals surface area contributed by atoms with Crippen molar-refractivity contribution in [2.24, 2.45) is 0 Å². The molecule has 1 aromatic carbocycles. The molecular weight excluding hydrogens is 332 g/mol. The Morgan fingerprint density at radius 2 is 1.83 bits per heavy atom. The third-order valence-corrected chi connectivity index (χ3v) is 4.10. The van der Waals surface area contributed by atoms with E-state index >= 15 is 0 Å². The van der Waals surface area contributed by atoms with Gasteiger partial charge in [0, 0.05) is 11.7 Å². The number of alkyl halides is 2. The number of halogens is 2. The van der Waals surface area contributed by atoms with Crippen LogP contribution in [0.5, 0.6) is 5.75 Å². The number of anilines is 1. The summed E-state index contributed by atoms with van der Waals surface area (Å²) in [6, 6.07) is 6.54. The molecule has 0 aliphatic heterocycles. The molecule has 0 saturated carbocycles. The number of hydrogen-bond donors (Lipinski definition) is 3. The van der Waals surface area contributed by atoms with Crippen molar-refractivity contribution in [3.8, 4) is 5.75 Å². The molecule has 0 fully saturated rings. The number of hydrogen-bond acceptors (Lipinski definition) is 2. The van der Waals surface area contributed by atoms with Gasteiger partial charge in [-0.05, 0) is 70.1 Å². The summed E-state index contributed by atoms with van der Waals surface area (Å²) in [6.45, 7) is 7.18. The van der Waals surface area contributed by atoms with Crippen molar-refractivity contribution < 1.29 is 18.4 Å². The van der Waals surface area contributed by atoms with E-state index in [1.54, 1.807) is 17.0 Å². The van der Waals surface area contributed by atoms with Crippen LogP contribution in [-0.4, -0.2) is 37.4 Å². The maximum absolute atomic E-state index is 12.1. The van der Waals surface area contributed by atoms with Gasteiger partial charge in [-0.1, -0.05) is 0 Å². The summed E-state index contributed by atoms with van der Waals surface area (Å²) in [4.78, 5) is 1.61. The van der Waals surface area contributed by atoms with E-state index in [-0.39, 0.29) is 11.8 Å². The first-order valence-electron chi connectivity index (χ1n) is 8.40. The number of thiocarbonyl (C=S) groups is 1. The molecule has 0 heterocycles. The quantitative estimate of drug-likeness (QED) is 0.561. The summed E-state index contributed by atoms with van der Waals surface area (Å²) in [5.41, 5.74) is 0.730. The van der Waals surface area contributed by atoms with Crippen LogP contribution in [0.1, 0.15) is 33.6 Å². The monoisotopic (exact) mass is 360 g/mol. The van der Waals surface area contributed by atoms with Crippen LogP contribution in [0.15, 0.2) is 24.3 Å². The summed E-state index contributed by atoms with van der Waals surface area (Å²) in [7, 11) is 0. The van der Waals surface area contributed by atoms with Gasteiger partial charge in [-0.15, -0.1) is 0 Å². The molecule has 7 heteroatoms. The van der Waals surface area contributed by atoms with Crippen LogP contribution in [0.3, 0.4) is 0 Å². The average molecular weight is 360 g/mol. The molecule has 0 aliphatic carbocycles. The molecule has 0 radical (unpaired) electrons. The van der Waals surface area contributed by atoms with Crippen LogP contribution in [0, 0.1) is 0 Å². The van der Waals surface area contributed by atoms with Crippen molar-refractivity contribution in [2.45, 2.75) is 46.3 Å². The topological polar surface area (TPSA) is 37.7 Å². The van der Waals surface area contributed by atoms with Gasteiger partial charge in [-0.3, -0.25) is 0 Å². The largest absolute Gasteiger partial charge is 0.435 e. The van der Waals surface area contributed by atoms with Gasteiger partial charge in [-0.2, -0.15) is 8.78 Å². The van der Waals surface area contributed by atoms with Crippen molar-refractivity contribution in [1.82, 2.24) is 5.32 Å². The van der Waals surface area contributed by atoms with Crippen LogP contribution in [-0.2, 0) is 0 Å². The normalized spacial score (nSPS) is 12.3. The van der Waals surface area contributed by atoms with Crippen LogP contribution in [0.25, 0.3) is 0 Å². The van der Waals surface area contributed by atoms with Crippen LogP contribution < -0.4 is 20.3 Å². The Labute approximate surface area is 148 Å². The van der Waals surface area contributed by atoms with Crippen molar-refractivity contribution >= 4 is 23.0 Å². The first-order chi connectivity index (χ1) is 11.4. The van der Waals surface area contributed by atoms with Gasteiger partial charge >= 0.3 is 6.61 Å². The van der Waals surface area contributed by atoms with E-state index in [1.165, 1.54) is 18.7 Å². The first kappa shape index (κ1) is 20.6. The molecule has 0 amide bonds. The molecule has 136 valence electrons. The van der Waals surface area contributed by atoms with Crippen molar-refractivity contribution in [1.29, 1.82) is 0 Å². The minimum atomic E-state index is -2.81. The molecule has 0 aliphatic rings. The fourth-order valence-corrected chi connectivity index (χ4v) is 2.76. The lowest BCUT2D eigenvalue weighted by molar-refractivity contribution is -0.896. The molecule has 0 spiro atoms. The number of nitrogens with one attached hydrogen (secondary N) is 3. The minimum absolute atomic E-state index is 0.127. The van der Waals surface area contributed by atoms with Gasteiger partial charge in [0.05, 0.1) is 19.6 Å². The van der Waals surface area contributed by atoms with E-state index in [9.17, 15) is 8.78 Å². The SMILES string of the molecule is CC[NH+](CC)CCC[C@@H](C)NC(=S)Nc1ccc(OC(F)F)cc1. The third kappa shape index (κ3) is 8.40. The smallest absolute Gasteiger partial charge is 0.387 e. The maximum atomic E-state index is 12.1. The van der Waals surface area contributed by atoms with Gasteiger partial charge in [0.2, 0.25) is 0 Å². The Morgan fingerprint density at radius 3 is 2.38 bits per heavy atom. The van der Waals surface area contributed by atoms with Crippen LogP contribution in [0.4, 0.5) is 14.5 Å². The Kier molecular flexibility index (Phi) is 9.56. The van der Waals surface area contributed by atoms with Gasteiger partial charge in [0.15, 0.2) is 5.11 Å². The van der Waals surface area contributed by atoms with E-state index < -0.39 is 6.61 Å². The highest BCUT2D eigenvalue weighted by Gasteiger charge is 2.08. The molecule has 0 bridgehead atoms. The summed E-state index contributed by atoms with van der Waals surface area (Å²) < 4.78 is 28.5. The van der Waals surface area contributed by atoms with Gasteiger partial charge in [0.25, 0.3) is 0 Å². The predicted molar refractivity (Wildman–Crippen MR) is 98.0 cm³/mol. The zero-order valence-corrected chi connectivity index (χ0v) is 15.4. The molecular formula is C17H28F2N3OS+. The molecule has 4 nitrogen and oxygen atoms in total. The van der Waals surface area contributed by atoms with E-state index in [0.717, 1.165) is 31.6 Å². The zero-order chi connectivity index (χ0) is 17.9. The second-order valence-electron chi connectivity index (χ2n) is 5.75. The van der Waals surface area contributed by atoms with Gasteiger partial charge < -0.3 is 20.3 Å². The highest BCUT2D eigenvalue weighted by molar-refractivity contribution is 7.80. The molecule has 0 unspecified atom stereocenters. The maximum Gasteiger partial charge on any atom is 0.387 e. The molecule has 1 rings (SSSR count). The molecule has 1 aromatic rings. The standard InChI is InChI=1S/C17H27F2N3OS/c1-4-22(5-2)12-6-7-13(3)20-17(24)21-14-8-10-15(11-9-14)23-16(18)19/h8-11,13,16H,4-7,12H2,1-3H3,(H2,20,21,24)/p+1/t13-/m1/s1. The first-order valence-corrected chi connectivity index (χ1v) is 8.81.